The number of nitrogens with two attached hydrogens (primary N) is 1. The topological polar surface area (TPSA) is 134 Å². The summed E-state index contributed by atoms with van der Waals surface area (Å²) < 4.78 is 14.9. The quantitative estimate of drug-likeness (QED) is 0.175. The lowest BCUT2D eigenvalue weighted by atomic mass is 10.0. The van der Waals surface area contributed by atoms with Crippen molar-refractivity contribution in [3.63, 3.8) is 0 Å². The van der Waals surface area contributed by atoms with Crippen molar-refractivity contribution in [3.8, 4) is 22.3 Å². The summed E-state index contributed by atoms with van der Waals surface area (Å²) in [6.07, 6.45) is 1.99. The zero-order valence-electron chi connectivity index (χ0n) is 28.1. The van der Waals surface area contributed by atoms with E-state index in [2.05, 4.69) is 59.7 Å². The van der Waals surface area contributed by atoms with Gasteiger partial charge in [0.2, 0.25) is 0 Å². The Morgan fingerprint density at radius 2 is 1.35 bits per heavy atom. The normalized spacial score (nSPS) is 11.3. The van der Waals surface area contributed by atoms with Crippen LogP contribution in [0.1, 0.15) is 39.9 Å². The van der Waals surface area contributed by atoms with Gasteiger partial charge in [-0.15, -0.1) is 0 Å². The van der Waals surface area contributed by atoms with Crippen LogP contribution in [0.25, 0.3) is 44.3 Å². The molecular formula is C39H37N7O3. The molecule has 0 saturated carbocycles. The van der Waals surface area contributed by atoms with Crippen LogP contribution in [0.2, 0.25) is 0 Å². The average molecular weight is 652 g/mol. The monoisotopic (exact) mass is 651 g/mol. The molecule has 3 aromatic carbocycles. The standard InChI is InChI=1S/C20H20N4O.C19H17N3O2/c1-12-19(13(2)25-23-12)16-9-17(21)20-18(10-16)24(14(3)22-20)11-15-7-5-4-6-8-15;1-12-18(13(2)24-21-12)15-10-17-16(20-19(15)23)8-9-22(17)11-14-6-4-3-5-7-14/h4-10H,11,21H2,1-3H3;3-10H,11H2,1-2H3,(H,20,23). The van der Waals surface area contributed by atoms with Gasteiger partial charge in [-0.3, -0.25) is 4.79 Å². The number of aromatic nitrogens is 6. The van der Waals surface area contributed by atoms with Crippen LogP contribution in [0, 0.1) is 34.6 Å². The molecule has 0 radical (unpaired) electrons. The van der Waals surface area contributed by atoms with Crippen LogP contribution in [0.3, 0.4) is 0 Å². The summed E-state index contributed by atoms with van der Waals surface area (Å²) in [5.41, 5.74) is 17.9. The number of nitrogens with one attached hydrogen (secondary N) is 1. The van der Waals surface area contributed by atoms with Gasteiger partial charge in [-0.25, -0.2) is 4.98 Å². The summed E-state index contributed by atoms with van der Waals surface area (Å²) in [5, 5.41) is 8.02. The molecule has 5 aromatic heterocycles. The molecule has 0 unspecified atom stereocenters. The first kappa shape index (κ1) is 31.4. The molecule has 0 atom stereocenters. The van der Waals surface area contributed by atoms with E-state index in [1.165, 1.54) is 11.1 Å². The van der Waals surface area contributed by atoms with Gasteiger partial charge in [0.25, 0.3) is 5.56 Å². The Bertz CT molecular complexity index is 2440. The van der Waals surface area contributed by atoms with E-state index in [1.54, 1.807) is 0 Å². The zero-order valence-corrected chi connectivity index (χ0v) is 28.1. The van der Waals surface area contributed by atoms with Crippen LogP contribution in [0.5, 0.6) is 0 Å². The Morgan fingerprint density at radius 3 is 1.96 bits per heavy atom. The second-order valence-corrected chi connectivity index (χ2v) is 12.3. The molecule has 246 valence electrons. The Labute approximate surface area is 282 Å². The Morgan fingerprint density at radius 1 is 0.735 bits per heavy atom. The predicted molar refractivity (Wildman–Crippen MR) is 192 cm³/mol. The summed E-state index contributed by atoms with van der Waals surface area (Å²) in [6.45, 7) is 11.0. The van der Waals surface area contributed by atoms with Crippen LogP contribution in [-0.4, -0.2) is 29.4 Å². The molecule has 8 rings (SSSR count). The van der Waals surface area contributed by atoms with E-state index in [1.807, 2.05) is 95.4 Å². The smallest absolute Gasteiger partial charge is 0.256 e. The van der Waals surface area contributed by atoms with Gasteiger partial charge in [-0.1, -0.05) is 71.0 Å². The molecule has 0 saturated heterocycles. The van der Waals surface area contributed by atoms with E-state index in [0.29, 0.717) is 17.0 Å². The van der Waals surface area contributed by atoms with Crippen molar-refractivity contribution >= 4 is 27.8 Å². The number of aromatic amines is 1. The summed E-state index contributed by atoms with van der Waals surface area (Å²) in [7, 11) is 0. The highest BCUT2D eigenvalue weighted by Crippen LogP contribution is 2.33. The molecule has 3 N–H and O–H groups in total. The predicted octanol–water partition coefficient (Wildman–Crippen LogP) is 7.90. The first-order chi connectivity index (χ1) is 23.7. The number of nitrogen functional groups attached to an aromatic ring is 1. The molecule has 0 aliphatic heterocycles. The third kappa shape index (κ3) is 6.04. The maximum Gasteiger partial charge on any atom is 0.256 e. The SMILES string of the molecule is Cc1noc(C)c1-c1cc(N)c2nc(C)n(Cc3ccccc3)c2c1.Cc1noc(C)c1-c1cc2c(ccn2Cc2ccccc2)[nH]c1=O. The number of imidazole rings is 1. The van der Waals surface area contributed by atoms with Gasteiger partial charge in [-0.05, 0) is 75.6 Å². The molecule has 8 aromatic rings. The molecule has 0 bridgehead atoms. The number of hydrogen-bond donors (Lipinski definition) is 2. The fraction of sp³-hybridized carbons (Fsp3) is 0.179. The minimum Gasteiger partial charge on any atom is -0.397 e. The first-order valence-electron chi connectivity index (χ1n) is 16.1. The van der Waals surface area contributed by atoms with Crippen LogP contribution >= 0.6 is 0 Å². The summed E-state index contributed by atoms with van der Waals surface area (Å²) in [6, 6.07) is 28.5. The number of rotatable bonds is 6. The molecule has 5 heterocycles. The van der Waals surface area contributed by atoms with Crippen LogP contribution in [0.4, 0.5) is 5.69 Å². The van der Waals surface area contributed by atoms with Crippen molar-refractivity contribution in [1.82, 2.24) is 29.4 Å². The fourth-order valence-electron chi connectivity index (χ4n) is 6.48. The number of fused-ring (bicyclic) bond motifs is 2. The van der Waals surface area contributed by atoms with Gasteiger partial charge in [-0.2, -0.15) is 0 Å². The molecule has 0 spiro atoms. The van der Waals surface area contributed by atoms with E-state index in [4.69, 9.17) is 14.8 Å². The second-order valence-electron chi connectivity index (χ2n) is 12.3. The molecule has 0 amide bonds. The molecule has 10 heteroatoms. The Hall–Kier alpha value is -6.16. The number of benzene rings is 3. The van der Waals surface area contributed by atoms with E-state index in [0.717, 1.165) is 74.8 Å². The van der Waals surface area contributed by atoms with E-state index in [-0.39, 0.29) is 5.56 Å². The van der Waals surface area contributed by atoms with Crippen molar-refractivity contribution in [2.24, 2.45) is 0 Å². The molecule has 0 aliphatic carbocycles. The lowest BCUT2D eigenvalue weighted by Gasteiger charge is -2.09. The highest BCUT2D eigenvalue weighted by molar-refractivity contribution is 5.93. The first-order valence-corrected chi connectivity index (χ1v) is 16.1. The number of aryl methyl sites for hydroxylation is 5. The molecular weight excluding hydrogens is 614 g/mol. The van der Waals surface area contributed by atoms with Gasteiger partial charge in [0.05, 0.1) is 44.8 Å². The van der Waals surface area contributed by atoms with Gasteiger partial charge in [0, 0.05) is 24.8 Å². The van der Waals surface area contributed by atoms with E-state index in [9.17, 15) is 4.79 Å². The summed E-state index contributed by atoms with van der Waals surface area (Å²) >= 11 is 0. The van der Waals surface area contributed by atoms with Gasteiger partial charge < -0.3 is 28.9 Å². The fourth-order valence-corrected chi connectivity index (χ4v) is 6.48. The number of H-pyrrole nitrogens is 1. The van der Waals surface area contributed by atoms with Crippen molar-refractivity contribution in [2.45, 2.75) is 47.7 Å². The average Bonchev–Trinajstić information content (AvgIpc) is 3.83. The van der Waals surface area contributed by atoms with E-state index >= 15 is 0 Å². The largest absolute Gasteiger partial charge is 0.397 e. The number of hydrogen-bond acceptors (Lipinski definition) is 7. The van der Waals surface area contributed by atoms with Gasteiger partial charge in [0.15, 0.2) is 0 Å². The summed E-state index contributed by atoms with van der Waals surface area (Å²) in [4.78, 5) is 20.1. The lowest BCUT2D eigenvalue weighted by molar-refractivity contribution is 0.393. The van der Waals surface area contributed by atoms with Gasteiger partial charge in [0.1, 0.15) is 22.9 Å². The third-order valence-electron chi connectivity index (χ3n) is 8.86. The van der Waals surface area contributed by atoms with Crippen molar-refractivity contribution in [2.75, 3.05) is 5.73 Å². The molecule has 10 nitrogen and oxygen atoms in total. The van der Waals surface area contributed by atoms with Crippen LogP contribution in [-0.2, 0) is 13.1 Å². The zero-order chi connectivity index (χ0) is 34.2. The lowest BCUT2D eigenvalue weighted by Crippen LogP contribution is -2.10. The highest BCUT2D eigenvalue weighted by Gasteiger charge is 2.18. The van der Waals surface area contributed by atoms with Crippen LogP contribution < -0.4 is 11.3 Å². The van der Waals surface area contributed by atoms with Gasteiger partial charge >= 0.3 is 0 Å². The highest BCUT2D eigenvalue weighted by atomic mass is 16.5. The van der Waals surface area contributed by atoms with E-state index < -0.39 is 0 Å². The molecule has 0 fully saturated rings. The second kappa shape index (κ2) is 12.8. The van der Waals surface area contributed by atoms with Crippen molar-refractivity contribution in [1.29, 1.82) is 0 Å². The maximum absolute atomic E-state index is 12.5. The molecule has 0 aliphatic rings. The minimum atomic E-state index is -0.130. The number of nitrogens with zero attached hydrogens (tertiary/aromatic N) is 5. The Kier molecular flexibility index (Phi) is 8.21. The van der Waals surface area contributed by atoms with Crippen LogP contribution in [0.15, 0.2) is 105 Å². The third-order valence-corrected chi connectivity index (χ3v) is 8.86. The minimum absolute atomic E-state index is 0.130. The maximum atomic E-state index is 12.5. The molecule has 49 heavy (non-hydrogen) atoms. The summed E-state index contributed by atoms with van der Waals surface area (Å²) in [5.74, 6) is 2.39. The number of anilines is 1. The number of pyridine rings is 1. The Balaban J connectivity index is 0.000000154. The van der Waals surface area contributed by atoms with Crippen molar-refractivity contribution in [3.05, 3.63) is 141 Å². The van der Waals surface area contributed by atoms with Crippen molar-refractivity contribution < 1.29 is 9.05 Å².